The van der Waals surface area contributed by atoms with Crippen LogP contribution in [-0.2, 0) is 47.4 Å². The van der Waals surface area contributed by atoms with Gasteiger partial charge in [-0.15, -0.1) is 0 Å². The average molecular weight is 1050 g/mol. The number of rotatable bonds is 8. The van der Waals surface area contributed by atoms with Crippen molar-refractivity contribution in [2.75, 3.05) is 14.2 Å². The van der Waals surface area contributed by atoms with E-state index in [0.29, 0.717) is 33.6 Å². The van der Waals surface area contributed by atoms with Crippen molar-refractivity contribution in [3.63, 3.8) is 0 Å². The topological polar surface area (TPSA) is 262 Å². The molecule has 10 N–H and O–H groups in total. The molecular weight excluding hydrogens is 989 g/mol. The Kier molecular flexibility index (Phi) is 27.9. The number of pyridine rings is 2. The van der Waals surface area contributed by atoms with Crippen molar-refractivity contribution in [3.8, 4) is 11.5 Å². The first kappa shape index (κ1) is 61.9. The summed E-state index contributed by atoms with van der Waals surface area (Å²) in [5.41, 5.74) is 7.24. The molecule has 0 aliphatic heterocycles. The van der Waals surface area contributed by atoms with Gasteiger partial charge < -0.3 is 90.9 Å². The van der Waals surface area contributed by atoms with Crippen molar-refractivity contribution in [2.24, 2.45) is 45.7 Å². The second kappa shape index (κ2) is 28.0. The number of carbonyl (C=O) groups is 2. The van der Waals surface area contributed by atoms with Gasteiger partial charge in [-0.25, -0.2) is 30.4 Å². The van der Waals surface area contributed by atoms with Crippen LogP contribution in [0.2, 0.25) is 0 Å². The largest absolute Gasteiger partial charge is 2.00 e. The maximum Gasteiger partial charge on any atom is 2.00 e. The Labute approximate surface area is 410 Å². The van der Waals surface area contributed by atoms with E-state index in [0.717, 1.165) is 88.3 Å². The van der Waals surface area contributed by atoms with Crippen molar-refractivity contribution in [3.05, 3.63) is 46.0 Å². The van der Waals surface area contributed by atoms with Gasteiger partial charge in [0.15, 0.2) is 23.8 Å². The Morgan fingerprint density at radius 1 is 0.613 bits per heavy atom. The number of halogens is 4. The summed E-state index contributed by atoms with van der Waals surface area (Å²) in [7, 11) is 2.00. The second-order valence-electron chi connectivity index (χ2n) is 16.7. The van der Waals surface area contributed by atoms with E-state index in [1.54, 1.807) is 26.2 Å². The summed E-state index contributed by atoms with van der Waals surface area (Å²) >= 11 is 0. The molecule has 8 bridgehead atoms. The molecule has 22 heteroatoms. The van der Waals surface area contributed by atoms with Gasteiger partial charge >= 0.3 is 46.2 Å². The first-order chi connectivity index (χ1) is 27.0. The first-order valence-corrected chi connectivity index (χ1v) is 19.7. The molecule has 2 aromatic heterocycles. The molecule has 8 aliphatic rings. The summed E-state index contributed by atoms with van der Waals surface area (Å²) in [6, 6.07) is -0.638. The van der Waals surface area contributed by atoms with Crippen LogP contribution in [0.3, 0.4) is 0 Å². The number of H-pyrrole nitrogens is 2. The van der Waals surface area contributed by atoms with E-state index in [1.807, 2.05) is 0 Å². The van der Waals surface area contributed by atoms with Gasteiger partial charge in [0.1, 0.15) is 0 Å². The van der Waals surface area contributed by atoms with Crippen molar-refractivity contribution < 1.29 is 134 Å². The van der Waals surface area contributed by atoms with Crippen LogP contribution >= 0.6 is 0 Å². The number of aromatic nitrogens is 2. The van der Waals surface area contributed by atoms with Crippen molar-refractivity contribution >= 4 is 24.5 Å². The fourth-order valence-electron chi connectivity index (χ4n) is 11.3. The van der Waals surface area contributed by atoms with Gasteiger partial charge in [-0.3, -0.25) is 0 Å². The molecule has 0 aromatic carbocycles. The summed E-state index contributed by atoms with van der Waals surface area (Å²) in [5.74, 6) is 4.06. The minimum Gasteiger partial charge on any atom is -1.00 e. The number of carbonyl (C=O) groups excluding carboxylic acids is 2. The van der Waals surface area contributed by atoms with Crippen molar-refractivity contribution in [1.82, 2.24) is 21.5 Å². The number of hydrazone groups is 2. The third-order valence-electron chi connectivity index (χ3n) is 12.7. The third kappa shape index (κ3) is 14.9. The zero-order valence-corrected chi connectivity index (χ0v) is 40.0. The Bertz CT molecular complexity index is 1590. The molecule has 8 saturated carbocycles. The fourth-order valence-corrected chi connectivity index (χ4v) is 11.3. The van der Waals surface area contributed by atoms with Crippen molar-refractivity contribution in [2.45, 2.75) is 115 Å². The molecule has 2 aromatic rings. The molecule has 2 heterocycles. The van der Waals surface area contributed by atoms with E-state index in [-0.39, 0.29) is 132 Å². The molecule has 0 saturated heterocycles. The molecule has 4 amide bonds. The molecule has 0 unspecified atom stereocenters. The quantitative estimate of drug-likeness (QED) is 0.0714. The summed E-state index contributed by atoms with van der Waals surface area (Å²) in [4.78, 5) is 30.3. The molecule has 16 nitrogen and oxygen atoms in total. The van der Waals surface area contributed by atoms with Gasteiger partial charge in [0.25, 0.3) is 0 Å². The smallest absolute Gasteiger partial charge is 1.00 e. The van der Waals surface area contributed by atoms with Crippen LogP contribution in [0.4, 0.5) is 9.59 Å². The molecule has 0 atom stereocenters. The molecular formula is C40H60Cl4Cu2N8O8. The number of aromatic amines is 2. The SMILES string of the molecule is CO.CO.Cc1[nH+]cc(CO)c(/C=N/NC(=O)NC23CC4CC(CC(C4)C2)C3)c1[O-].Cc1[nH+]cc(CO)c(/C=N/NC(=O)NC23CC4CC(CC(C4)C2)C3)c1[O-].[Cl-].[Cl-].[Cl-].[Cl-].[Cu+2].[Cu+2]. The fraction of sp³-hybridized carbons (Fsp3) is 0.650. The molecule has 10 rings (SSSR count). The predicted molar refractivity (Wildman–Crippen MR) is 203 cm³/mol. The Balaban J connectivity index is 0. The number of hydrogen-bond acceptors (Lipinski definition) is 10. The minimum atomic E-state index is -0.319. The van der Waals surface area contributed by atoms with Crippen LogP contribution in [0.1, 0.15) is 111 Å². The maximum atomic E-state index is 12.4. The van der Waals surface area contributed by atoms with E-state index in [2.05, 4.69) is 41.7 Å². The number of aliphatic hydroxyl groups excluding tert-OH is 4. The number of hydrogen-bond donors (Lipinski definition) is 8. The zero-order chi connectivity index (χ0) is 40.6. The summed E-state index contributed by atoms with van der Waals surface area (Å²) in [6.45, 7) is 2.78. The molecule has 358 valence electrons. The normalized spacial score (nSPS) is 27.2. The Hall–Kier alpha value is -2.18. The maximum absolute atomic E-state index is 12.4. The average Bonchev–Trinajstić information content (AvgIpc) is 3.15. The number of nitrogens with one attached hydrogen (secondary N) is 6. The Morgan fingerprint density at radius 3 is 1.11 bits per heavy atom. The summed E-state index contributed by atoms with van der Waals surface area (Å²) in [5, 5.41) is 71.3. The molecule has 62 heavy (non-hydrogen) atoms. The van der Waals surface area contributed by atoms with Crippen LogP contribution in [0, 0.1) is 49.4 Å². The van der Waals surface area contributed by atoms with Crippen LogP contribution < -0.4 is 91.3 Å². The van der Waals surface area contributed by atoms with E-state index in [9.17, 15) is 30.0 Å². The third-order valence-corrected chi connectivity index (χ3v) is 12.7. The predicted octanol–water partition coefficient (Wildman–Crippen LogP) is -10.8. The van der Waals surface area contributed by atoms with E-state index >= 15 is 0 Å². The molecule has 8 aliphatic carbocycles. The summed E-state index contributed by atoms with van der Waals surface area (Å²) < 4.78 is 0. The van der Waals surface area contributed by atoms with Crippen LogP contribution in [0.25, 0.3) is 0 Å². The second-order valence-corrected chi connectivity index (χ2v) is 16.7. The van der Waals surface area contributed by atoms with Crippen LogP contribution in [0.15, 0.2) is 22.6 Å². The van der Waals surface area contributed by atoms with E-state index in [1.165, 1.54) is 51.0 Å². The van der Waals surface area contributed by atoms with Gasteiger partial charge in [0, 0.05) is 61.4 Å². The van der Waals surface area contributed by atoms with Gasteiger partial charge in [0.05, 0.1) is 25.6 Å². The Morgan fingerprint density at radius 2 is 0.871 bits per heavy atom. The monoisotopic (exact) mass is 1050 g/mol. The van der Waals surface area contributed by atoms with Crippen molar-refractivity contribution in [1.29, 1.82) is 0 Å². The summed E-state index contributed by atoms with van der Waals surface area (Å²) in [6.07, 6.45) is 20.1. The van der Waals surface area contributed by atoms with Gasteiger partial charge in [-0.1, -0.05) is 0 Å². The number of aliphatic hydroxyl groups is 4. The number of nitrogens with zero attached hydrogens (tertiary/aromatic N) is 2. The minimum absolute atomic E-state index is 0. The molecule has 2 radical (unpaired) electrons. The molecule has 8 fully saturated rings. The van der Waals surface area contributed by atoms with Gasteiger partial charge in [-0.2, -0.15) is 10.2 Å². The van der Waals surface area contributed by atoms with Gasteiger partial charge in [-0.05, 0) is 124 Å². The van der Waals surface area contributed by atoms with Crippen LogP contribution in [0.5, 0.6) is 11.5 Å². The number of urea groups is 2. The van der Waals surface area contributed by atoms with Crippen LogP contribution in [-0.4, -0.2) is 70.2 Å². The number of aryl methyl sites for hydroxylation is 2. The first-order valence-electron chi connectivity index (χ1n) is 19.7. The number of amides is 4. The zero-order valence-electron chi connectivity index (χ0n) is 35.1. The van der Waals surface area contributed by atoms with E-state index in [4.69, 9.17) is 10.2 Å². The van der Waals surface area contributed by atoms with Gasteiger partial charge in [0.2, 0.25) is 0 Å². The molecule has 0 spiro atoms. The standard InChI is InChI=1S/2C19H26N4O3.2CH4O.4ClH.2Cu/c2*1-11-17(25)16(15(10-24)8-20-11)9-21-23-18(26)22-19-5-12-2-13(6-19)4-14(3-12)7-19;2*1-2;;;;;;/h2*8-9,12-14,24-25H,2-7,10H2,1H3,(H2,22,23,26);2*2H,1H3;4*1H;;/q;;;;;;;;2*+2/p-4/b2*21-9+;;;;;;;;. The van der Waals surface area contributed by atoms with E-state index < -0.39 is 0 Å².